The van der Waals surface area contributed by atoms with E-state index in [1.165, 1.54) is 12.8 Å². The van der Waals surface area contributed by atoms with Gasteiger partial charge in [0.25, 0.3) is 0 Å². The minimum atomic E-state index is -0.231. The summed E-state index contributed by atoms with van der Waals surface area (Å²) in [5, 5.41) is 3.55. The lowest BCUT2D eigenvalue weighted by molar-refractivity contribution is -0.140. The zero-order valence-electron chi connectivity index (χ0n) is 24.5. The van der Waals surface area contributed by atoms with Gasteiger partial charge in [0.15, 0.2) is 0 Å². The van der Waals surface area contributed by atoms with Gasteiger partial charge in [0, 0.05) is 42.6 Å². The summed E-state index contributed by atoms with van der Waals surface area (Å²) in [7, 11) is 0. The summed E-state index contributed by atoms with van der Waals surface area (Å²) >= 11 is 0. The summed E-state index contributed by atoms with van der Waals surface area (Å²) in [6.07, 6.45) is 14.7. The minimum absolute atomic E-state index is 0.00266. The Morgan fingerprint density at radius 1 is 0.881 bits per heavy atom. The maximum absolute atomic E-state index is 15.8. The Balaban J connectivity index is 1.20. The molecule has 1 N–H and O–H groups in total. The Morgan fingerprint density at radius 3 is 2.45 bits per heavy atom. The smallest absolute Gasteiger partial charge is 0.227 e. The number of fused-ring (bicyclic) bond motifs is 1. The van der Waals surface area contributed by atoms with Crippen molar-refractivity contribution in [3.8, 4) is 22.3 Å². The molecule has 0 radical (unpaired) electrons. The van der Waals surface area contributed by atoms with Crippen LogP contribution in [0.1, 0.15) is 50.5 Å². The number of hydrogen-bond acceptors (Lipinski definition) is 2. The molecule has 4 aliphatic rings. The van der Waals surface area contributed by atoms with Gasteiger partial charge in [-0.05, 0) is 72.3 Å². The fraction of sp³-hybridized carbons (Fsp3) is 0.395. The molecule has 2 saturated heterocycles. The Kier molecular flexibility index (Phi) is 7.35. The number of likely N-dealkylation sites (tertiary alicyclic amines) is 1. The first kappa shape index (κ1) is 27.3. The van der Waals surface area contributed by atoms with Crippen LogP contribution in [-0.4, -0.2) is 36.5 Å². The van der Waals surface area contributed by atoms with E-state index in [0.29, 0.717) is 12.1 Å². The van der Waals surface area contributed by atoms with E-state index in [1.54, 1.807) is 6.07 Å². The van der Waals surface area contributed by atoms with Gasteiger partial charge in [-0.2, -0.15) is 0 Å². The number of carbonyl (C=O) groups is 1. The summed E-state index contributed by atoms with van der Waals surface area (Å²) in [6.45, 7) is 4.58. The minimum Gasteiger partial charge on any atom is -0.339 e. The van der Waals surface area contributed by atoms with Crippen molar-refractivity contribution in [1.29, 1.82) is 0 Å². The molecule has 2 aliphatic heterocycles. The number of rotatable bonds is 5. The first-order valence-corrected chi connectivity index (χ1v) is 15.8. The summed E-state index contributed by atoms with van der Waals surface area (Å²) in [5.74, 6) is 1.38. The van der Waals surface area contributed by atoms with Crippen molar-refractivity contribution in [3.63, 3.8) is 0 Å². The molecule has 0 spiro atoms. The zero-order chi connectivity index (χ0) is 28.7. The Labute approximate surface area is 249 Å². The van der Waals surface area contributed by atoms with Crippen LogP contribution in [0.3, 0.4) is 0 Å². The van der Waals surface area contributed by atoms with Crippen LogP contribution in [0.25, 0.3) is 22.3 Å². The number of amides is 1. The molecule has 7 rings (SSSR count). The standard InChI is InChI=1S/C38H41FN2O/c1-38(19-8-3-9-20-38)36-23-29-15-14-27(29)18-21-41(36)37(42)34-25-40-24-33(34)31-13-7-6-12-30(31)32-17-16-28(22-35(32)39)26-10-4-2-5-11-26/h2-13,16-17,19,22,27,29,33-34,36,40H,14-15,18,20-21,23-25H2,1H3/t27?,29?,33-,34+,36+,38?/m0/s1. The van der Waals surface area contributed by atoms with Gasteiger partial charge in [0.2, 0.25) is 5.91 Å². The van der Waals surface area contributed by atoms with Crippen LogP contribution < -0.4 is 5.32 Å². The molecule has 3 aromatic rings. The number of allylic oxidation sites excluding steroid dienone is 3. The third-order valence-corrected chi connectivity index (χ3v) is 10.8. The summed E-state index contributed by atoms with van der Waals surface area (Å²) in [6, 6.07) is 23.8. The van der Waals surface area contributed by atoms with Crippen molar-refractivity contribution in [2.24, 2.45) is 23.2 Å². The lowest BCUT2D eigenvalue weighted by Crippen LogP contribution is -2.52. The quantitative estimate of drug-likeness (QED) is 0.343. The average molecular weight is 561 g/mol. The number of hydrogen-bond donors (Lipinski definition) is 1. The first-order chi connectivity index (χ1) is 20.5. The highest BCUT2D eigenvalue weighted by Crippen LogP contribution is 2.49. The molecule has 3 aromatic carbocycles. The third-order valence-electron chi connectivity index (χ3n) is 10.8. The van der Waals surface area contributed by atoms with Gasteiger partial charge in [-0.1, -0.05) is 98.0 Å². The van der Waals surface area contributed by atoms with E-state index in [2.05, 4.69) is 47.5 Å². The second-order valence-electron chi connectivity index (χ2n) is 13.2. The maximum Gasteiger partial charge on any atom is 0.227 e. The zero-order valence-corrected chi connectivity index (χ0v) is 24.5. The fourth-order valence-electron chi connectivity index (χ4n) is 8.17. The second-order valence-corrected chi connectivity index (χ2v) is 13.2. The highest BCUT2D eigenvalue weighted by Gasteiger charge is 2.48. The monoisotopic (exact) mass is 560 g/mol. The maximum atomic E-state index is 15.8. The molecule has 1 saturated carbocycles. The van der Waals surface area contributed by atoms with Crippen LogP contribution in [0.15, 0.2) is 97.1 Å². The molecule has 6 atom stereocenters. The van der Waals surface area contributed by atoms with Crippen LogP contribution in [0.4, 0.5) is 4.39 Å². The van der Waals surface area contributed by atoms with Gasteiger partial charge in [0.05, 0.1) is 5.92 Å². The topological polar surface area (TPSA) is 32.3 Å². The van der Waals surface area contributed by atoms with Crippen LogP contribution in [0.2, 0.25) is 0 Å². The average Bonchev–Trinajstić information content (AvgIpc) is 3.45. The van der Waals surface area contributed by atoms with Crippen LogP contribution in [-0.2, 0) is 4.79 Å². The van der Waals surface area contributed by atoms with Crippen molar-refractivity contribution >= 4 is 5.91 Å². The molecule has 2 aliphatic carbocycles. The van der Waals surface area contributed by atoms with Crippen LogP contribution in [0.5, 0.6) is 0 Å². The van der Waals surface area contributed by atoms with Gasteiger partial charge in [-0.15, -0.1) is 0 Å². The molecule has 4 heteroatoms. The number of benzene rings is 3. The molecular weight excluding hydrogens is 519 g/mol. The lowest BCUT2D eigenvalue weighted by Gasteiger charge is -2.45. The lowest BCUT2D eigenvalue weighted by atomic mass is 9.66. The highest BCUT2D eigenvalue weighted by atomic mass is 19.1. The second kappa shape index (κ2) is 11.3. The summed E-state index contributed by atoms with van der Waals surface area (Å²) in [4.78, 5) is 16.9. The number of carbonyl (C=O) groups excluding carboxylic acids is 1. The van der Waals surface area contributed by atoms with E-state index >= 15 is 4.39 Å². The predicted molar refractivity (Wildman–Crippen MR) is 168 cm³/mol. The van der Waals surface area contributed by atoms with Crippen molar-refractivity contribution < 1.29 is 9.18 Å². The van der Waals surface area contributed by atoms with Crippen molar-refractivity contribution in [3.05, 3.63) is 108 Å². The Morgan fingerprint density at radius 2 is 1.69 bits per heavy atom. The molecule has 0 aromatic heterocycles. The largest absolute Gasteiger partial charge is 0.339 e. The van der Waals surface area contributed by atoms with Crippen LogP contribution in [0, 0.1) is 29.0 Å². The predicted octanol–water partition coefficient (Wildman–Crippen LogP) is 8.00. The number of nitrogens with one attached hydrogen (secondary N) is 1. The molecule has 42 heavy (non-hydrogen) atoms. The molecule has 3 unspecified atom stereocenters. The Bertz CT molecular complexity index is 1510. The van der Waals surface area contributed by atoms with E-state index in [9.17, 15) is 4.79 Å². The summed E-state index contributed by atoms with van der Waals surface area (Å²) < 4.78 is 15.8. The van der Waals surface area contributed by atoms with Gasteiger partial charge >= 0.3 is 0 Å². The van der Waals surface area contributed by atoms with E-state index < -0.39 is 0 Å². The van der Waals surface area contributed by atoms with Gasteiger partial charge in [-0.3, -0.25) is 4.79 Å². The number of nitrogens with zero attached hydrogens (tertiary/aromatic N) is 1. The molecule has 1 amide bonds. The van der Waals surface area contributed by atoms with E-state index in [0.717, 1.165) is 66.4 Å². The first-order valence-electron chi connectivity index (χ1n) is 15.8. The van der Waals surface area contributed by atoms with Gasteiger partial charge < -0.3 is 10.2 Å². The van der Waals surface area contributed by atoms with E-state index in [4.69, 9.17) is 0 Å². The van der Waals surface area contributed by atoms with Crippen molar-refractivity contribution in [2.45, 2.75) is 51.0 Å². The molecule has 2 heterocycles. The fourth-order valence-corrected chi connectivity index (χ4v) is 8.17. The molecule has 3 fully saturated rings. The van der Waals surface area contributed by atoms with E-state index in [-0.39, 0.29) is 35.0 Å². The SMILES string of the molecule is CC1([C@H]2CC3CCC3CCN2C(=O)[C@@H]2CNC[C@H]2c2ccccc2-c2ccc(-c3ccccc3)cc2F)C=CC=CC1. The van der Waals surface area contributed by atoms with Gasteiger partial charge in [0.1, 0.15) is 5.82 Å². The molecule has 216 valence electrons. The Hall–Kier alpha value is -3.50. The summed E-state index contributed by atoms with van der Waals surface area (Å²) in [5.41, 5.74) is 4.37. The number of halogens is 1. The normalized spacial score (nSPS) is 30.4. The van der Waals surface area contributed by atoms with E-state index in [1.807, 2.05) is 60.7 Å². The third kappa shape index (κ3) is 4.94. The van der Waals surface area contributed by atoms with Crippen molar-refractivity contribution in [2.75, 3.05) is 19.6 Å². The molecule has 0 bridgehead atoms. The van der Waals surface area contributed by atoms with Crippen molar-refractivity contribution in [1.82, 2.24) is 10.2 Å². The molecular formula is C38H41FN2O. The van der Waals surface area contributed by atoms with Gasteiger partial charge in [-0.25, -0.2) is 4.39 Å². The molecule has 3 nitrogen and oxygen atoms in total. The van der Waals surface area contributed by atoms with Crippen LogP contribution >= 0.6 is 0 Å². The highest BCUT2D eigenvalue weighted by molar-refractivity contribution is 5.82.